The normalized spacial score (nSPS) is 10.5. The van der Waals surface area contributed by atoms with E-state index in [2.05, 4.69) is 10.3 Å². The molecule has 1 rings (SSSR count). The van der Waals surface area contributed by atoms with Crippen molar-refractivity contribution in [1.29, 1.82) is 0 Å². The van der Waals surface area contributed by atoms with E-state index in [1.165, 1.54) is 6.07 Å². The van der Waals surface area contributed by atoms with Gasteiger partial charge in [-0.1, -0.05) is 6.07 Å². The third-order valence-electron chi connectivity index (χ3n) is 2.52. The zero-order chi connectivity index (χ0) is 15.7. The fraction of sp³-hybridized carbons (Fsp3) is 0.533. The Morgan fingerprint density at radius 3 is 2.67 bits per heavy atom. The Kier molecular flexibility index (Phi) is 7.39. The number of carbonyl (C=O) groups excluding carboxylic acids is 2. The number of esters is 1. The molecule has 6 nitrogen and oxygen atoms in total. The SMILES string of the molecule is CCOC(=O)c1cccc(C(=O)NCCCOC(C)C)n1. The number of hydrogen-bond acceptors (Lipinski definition) is 5. The third-order valence-corrected chi connectivity index (χ3v) is 2.52. The summed E-state index contributed by atoms with van der Waals surface area (Å²) in [6.07, 6.45) is 0.908. The maximum absolute atomic E-state index is 11.9. The zero-order valence-electron chi connectivity index (χ0n) is 12.7. The van der Waals surface area contributed by atoms with Gasteiger partial charge >= 0.3 is 5.97 Å². The van der Waals surface area contributed by atoms with Crippen LogP contribution in [-0.2, 0) is 9.47 Å². The molecular formula is C15H22N2O4. The van der Waals surface area contributed by atoms with Crippen molar-refractivity contribution in [1.82, 2.24) is 10.3 Å². The first-order valence-corrected chi connectivity index (χ1v) is 7.08. The predicted molar refractivity (Wildman–Crippen MR) is 78.2 cm³/mol. The predicted octanol–water partition coefficient (Wildman–Crippen LogP) is 1.80. The number of nitrogens with one attached hydrogen (secondary N) is 1. The zero-order valence-corrected chi connectivity index (χ0v) is 12.7. The Morgan fingerprint density at radius 1 is 1.29 bits per heavy atom. The fourth-order valence-corrected chi connectivity index (χ4v) is 1.56. The summed E-state index contributed by atoms with van der Waals surface area (Å²) in [5.41, 5.74) is 0.331. The van der Waals surface area contributed by atoms with Crippen molar-refractivity contribution in [2.45, 2.75) is 33.3 Å². The molecule has 1 aromatic heterocycles. The van der Waals surface area contributed by atoms with Crippen LogP contribution in [0.25, 0.3) is 0 Å². The van der Waals surface area contributed by atoms with E-state index < -0.39 is 5.97 Å². The van der Waals surface area contributed by atoms with E-state index in [0.29, 0.717) is 13.2 Å². The van der Waals surface area contributed by atoms with E-state index in [1.54, 1.807) is 19.1 Å². The molecule has 1 N–H and O–H groups in total. The van der Waals surface area contributed by atoms with Gasteiger partial charge in [-0.3, -0.25) is 4.79 Å². The number of carbonyl (C=O) groups is 2. The lowest BCUT2D eigenvalue weighted by atomic mass is 10.3. The van der Waals surface area contributed by atoms with Crippen LogP contribution in [0.4, 0.5) is 0 Å². The lowest BCUT2D eigenvalue weighted by Gasteiger charge is -2.08. The topological polar surface area (TPSA) is 77.5 Å². The Morgan fingerprint density at radius 2 is 2.00 bits per heavy atom. The molecule has 0 aliphatic heterocycles. The molecule has 0 unspecified atom stereocenters. The van der Waals surface area contributed by atoms with Gasteiger partial charge in [-0.25, -0.2) is 9.78 Å². The standard InChI is InChI=1S/C15H22N2O4/c1-4-20-15(19)13-8-5-7-12(17-13)14(18)16-9-6-10-21-11(2)3/h5,7-8,11H,4,6,9-10H2,1-3H3,(H,16,18). The second kappa shape index (κ2) is 9.07. The highest BCUT2D eigenvalue weighted by Crippen LogP contribution is 2.02. The van der Waals surface area contributed by atoms with Crippen LogP contribution >= 0.6 is 0 Å². The van der Waals surface area contributed by atoms with Gasteiger partial charge in [-0.05, 0) is 39.3 Å². The highest BCUT2D eigenvalue weighted by Gasteiger charge is 2.12. The Bertz CT molecular complexity index is 474. The third kappa shape index (κ3) is 6.35. The molecule has 0 saturated carbocycles. The quantitative estimate of drug-likeness (QED) is 0.584. The number of ether oxygens (including phenoxy) is 2. The molecule has 0 bridgehead atoms. The highest BCUT2D eigenvalue weighted by atomic mass is 16.5. The first kappa shape index (κ1) is 17.1. The van der Waals surface area contributed by atoms with Gasteiger partial charge in [-0.2, -0.15) is 0 Å². The average Bonchev–Trinajstić information content (AvgIpc) is 2.46. The summed E-state index contributed by atoms with van der Waals surface area (Å²) >= 11 is 0. The smallest absolute Gasteiger partial charge is 0.356 e. The minimum absolute atomic E-state index is 0.132. The van der Waals surface area contributed by atoms with E-state index in [0.717, 1.165) is 6.42 Å². The van der Waals surface area contributed by atoms with Crippen molar-refractivity contribution in [3.05, 3.63) is 29.6 Å². The van der Waals surface area contributed by atoms with Gasteiger partial charge in [0.15, 0.2) is 0 Å². The van der Waals surface area contributed by atoms with Crippen LogP contribution in [0.5, 0.6) is 0 Å². The Hall–Kier alpha value is -1.95. The van der Waals surface area contributed by atoms with Crippen molar-refractivity contribution < 1.29 is 19.1 Å². The number of nitrogens with zero attached hydrogens (tertiary/aromatic N) is 1. The second-order valence-corrected chi connectivity index (χ2v) is 4.66. The Labute approximate surface area is 124 Å². The van der Waals surface area contributed by atoms with Crippen LogP contribution in [0.3, 0.4) is 0 Å². The second-order valence-electron chi connectivity index (χ2n) is 4.66. The summed E-state index contributed by atoms with van der Waals surface area (Å²) in [5.74, 6) is -0.844. The summed E-state index contributed by atoms with van der Waals surface area (Å²) in [6.45, 7) is 7.00. The van der Waals surface area contributed by atoms with Crippen LogP contribution in [0.2, 0.25) is 0 Å². The molecule has 21 heavy (non-hydrogen) atoms. The average molecular weight is 294 g/mol. The fourth-order valence-electron chi connectivity index (χ4n) is 1.56. The van der Waals surface area contributed by atoms with Crippen LogP contribution < -0.4 is 5.32 Å². The van der Waals surface area contributed by atoms with Gasteiger partial charge in [0.2, 0.25) is 0 Å². The molecule has 0 spiro atoms. The monoisotopic (exact) mass is 294 g/mol. The molecule has 1 heterocycles. The number of amides is 1. The van der Waals surface area contributed by atoms with Gasteiger partial charge in [-0.15, -0.1) is 0 Å². The lowest BCUT2D eigenvalue weighted by Crippen LogP contribution is -2.27. The largest absolute Gasteiger partial charge is 0.461 e. The molecule has 0 atom stereocenters. The van der Waals surface area contributed by atoms with E-state index in [9.17, 15) is 9.59 Å². The van der Waals surface area contributed by atoms with Crippen molar-refractivity contribution in [3.63, 3.8) is 0 Å². The van der Waals surface area contributed by atoms with E-state index >= 15 is 0 Å². The first-order chi connectivity index (χ1) is 10.0. The molecule has 0 radical (unpaired) electrons. The number of hydrogen-bond donors (Lipinski definition) is 1. The summed E-state index contributed by atoms with van der Waals surface area (Å²) in [7, 11) is 0. The van der Waals surface area contributed by atoms with Crippen LogP contribution in [0, 0.1) is 0 Å². The molecule has 0 aliphatic carbocycles. The molecule has 0 fully saturated rings. The summed E-state index contributed by atoms with van der Waals surface area (Å²) in [5, 5.41) is 2.74. The Balaban J connectivity index is 2.47. The maximum atomic E-state index is 11.9. The van der Waals surface area contributed by atoms with Gasteiger partial charge in [0, 0.05) is 13.2 Å². The van der Waals surface area contributed by atoms with E-state index in [-0.39, 0.29) is 30.0 Å². The van der Waals surface area contributed by atoms with Gasteiger partial charge in [0.1, 0.15) is 11.4 Å². The summed E-state index contributed by atoms with van der Waals surface area (Å²) < 4.78 is 10.2. The van der Waals surface area contributed by atoms with Gasteiger partial charge in [0.25, 0.3) is 5.91 Å². The van der Waals surface area contributed by atoms with Crippen LogP contribution in [0.1, 0.15) is 48.2 Å². The first-order valence-electron chi connectivity index (χ1n) is 7.08. The summed E-state index contributed by atoms with van der Waals surface area (Å²) in [4.78, 5) is 27.5. The number of pyridine rings is 1. The molecule has 1 aromatic rings. The molecule has 116 valence electrons. The minimum Gasteiger partial charge on any atom is -0.461 e. The number of aromatic nitrogens is 1. The van der Waals surface area contributed by atoms with Crippen molar-refractivity contribution >= 4 is 11.9 Å². The molecule has 0 aliphatic rings. The summed E-state index contributed by atoms with van der Waals surface area (Å²) in [6, 6.07) is 4.68. The highest BCUT2D eigenvalue weighted by molar-refractivity contribution is 5.94. The van der Waals surface area contributed by atoms with Crippen LogP contribution in [-0.4, -0.2) is 42.7 Å². The van der Waals surface area contributed by atoms with Crippen LogP contribution in [0.15, 0.2) is 18.2 Å². The molecular weight excluding hydrogens is 272 g/mol. The number of rotatable bonds is 8. The van der Waals surface area contributed by atoms with Gasteiger partial charge in [0.05, 0.1) is 12.7 Å². The lowest BCUT2D eigenvalue weighted by molar-refractivity contribution is 0.0519. The van der Waals surface area contributed by atoms with Gasteiger partial charge < -0.3 is 14.8 Å². The molecule has 1 amide bonds. The van der Waals surface area contributed by atoms with E-state index in [1.807, 2.05) is 13.8 Å². The van der Waals surface area contributed by atoms with Crippen molar-refractivity contribution in [2.24, 2.45) is 0 Å². The van der Waals surface area contributed by atoms with E-state index in [4.69, 9.17) is 9.47 Å². The van der Waals surface area contributed by atoms with Crippen molar-refractivity contribution in [2.75, 3.05) is 19.8 Å². The molecule has 6 heteroatoms. The minimum atomic E-state index is -0.530. The molecule has 0 saturated heterocycles. The maximum Gasteiger partial charge on any atom is 0.356 e. The molecule has 0 aromatic carbocycles. The van der Waals surface area contributed by atoms with Crippen molar-refractivity contribution in [3.8, 4) is 0 Å².